The molecule has 0 aromatic heterocycles. The van der Waals surface area contributed by atoms with E-state index >= 15 is 0 Å². The van der Waals surface area contributed by atoms with Gasteiger partial charge in [0.05, 0.1) is 12.1 Å². The van der Waals surface area contributed by atoms with E-state index in [4.69, 9.17) is 9.47 Å². The second-order valence-electron chi connectivity index (χ2n) is 10.6. The third-order valence-corrected chi connectivity index (χ3v) is 7.32. The highest BCUT2D eigenvalue weighted by Crippen LogP contribution is 2.30. The second kappa shape index (κ2) is 11.9. The second-order valence-corrected chi connectivity index (χ2v) is 10.6. The van der Waals surface area contributed by atoms with Crippen LogP contribution in [-0.2, 0) is 9.53 Å². The number of para-hydroxylation sites is 1. The average Bonchev–Trinajstić information content (AvgIpc) is 3.02. The van der Waals surface area contributed by atoms with Crippen LogP contribution in [0.5, 0.6) is 5.75 Å². The molecule has 0 spiro atoms. The van der Waals surface area contributed by atoms with E-state index in [-0.39, 0.29) is 38.0 Å². The van der Waals surface area contributed by atoms with Crippen molar-refractivity contribution >= 4 is 11.6 Å². The molecule has 0 saturated carbocycles. The molecule has 4 rings (SSSR count). The van der Waals surface area contributed by atoms with Gasteiger partial charge in [0.2, 0.25) is 5.91 Å². The predicted molar refractivity (Wildman–Crippen MR) is 139 cm³/mol. The number of hydrogen-bond donors (Lipinski definition) is 2. The molecule has 2 aromatic rings. The van der Waals surface area contributed by atoms with Crippen LogP contribution >= 0.6 is 0 Å². The van der Waals surface area contributed by atoms with Crippen LogP contribution < -0.4 is 9.64 Å². The number of benzene rings is 2. The van der Waals surface area contributed by atoms with Gasteiger partial charge in [0, 0.05) is 70.3 Å². The number of β-amino-alcohol motifs (C(OH)–C–C–N with tert-alkyl or cyclic N) is 2. The molecular formula is C28H37F2N3O5. The van der Waals surface area contributed by atoms with Gasteiger partial charge in [-0.05, 0) is 31.4 Å². The third-order valence-electron chi connectivity index (χ3n) is 7.32. The number of methoxy groups -OCH3 is 1. The lowest BCUT2D eigenvalue weighted by atomic mass is 9.89. The molecule has 2 aliphatic heterocycles. The minimum atomic E-state index is -1.54. The Labute approximate surface area is 222 Å². The van der Waals surface area contributed by atoms with E-state index in [2.05, 4.69) is 24.0 Å². The lowest BCUT2D eigenvalue weighted by Crippen LogP contribution is -2.56. The number of piperidine rings is 1. The van der Waals surface area contributed by atoms with Crippen LogP contribution in [0.2, 0.25) is 0 Å². The molecule has 0 aliphatic carbocycles. The van der Waals surface area contributed by atoms with Crippen molar-refractivity contribution in [2.45, 2.75) is 31.0 Å². The Morgan fingerprint density at radius 1 is 0.974 bits per heavy atom. The molecule has 8 nitrogen and oxygen atoms in total. The number of halogens is 2. The number of aryl methyl sites for hydroxylation is 1. The molecule has 1 atom stereocenters. The molecule has 2 aliphatic rings. The standard InChI is InChI=1S/C28H37F2N3O5/c1-21-5-3-4-6-25(21)32-9-7-27(35,8-10-32)17-31-11-12-33(26(34)16-37-2)19-28(36,18-31)20-38-24-14-22(29)13-23(30)15-24/h3-6,13-15,35-36H,7-12,16-20H2,1-2H3/t28-/m0/s1. The van der Waals surface area contributed by atoms with Gasteiger partial charge in [0.25, 0.3) is 0 Å². The highest BCUT2D eigenvalue weighted by atomic mass is 19.1. The topological polar surface area (TPSA) is 85.7 Å². The number of carbonyl (C=O) groups excluding carboxylic acids is 1. The molecule has 208 valence electrons. The molecule has 0 radical (unpaired) electrons. The monoisotopic (exact) mass is 533 g/mol. The SMILES string of the molecule is COCC(=O)N1CCN(CC2(O)CCN(c3ccccc3C)CC2)C[C@@](O)(COc2cc(F)cc(F)c2)C1. The quantitative estimate of drug-likeness (QED) is 0.538. The first-order valence-electron chi connectivity index (χ1n) is 12.9. The van der Waals surface area contributed by atoms with Crippen molar-refractivity contribution in [2.75, 3.05) is 71.0 Å². The molecule has 10 heteroatoms. The van der Waals surface area contributed by atoms with Gasteiger partial charge in [-0.15, -0.1) is 0 Å². The normalized spacial score (nSPS) is 22.3. The van der Waals surface area contributed by atoms with Crippen molar-refractivity contribution in [3.63, 3.8) is 0 Å². The molecular weight excluding hydrogens is 496 g/mol. The summed E-state index contributed by atoms with van der Waals surface area (Å²) in [7, 11) is 1.43. The fraction of sp³-hybridized carbons (Fsp3) is 0.536. The van der Waals surface area contributed by atoms with Crippen LogP contribution in [0.1, 0.15) is 18.4 Å². The Morgan fingerprint density at radius 2 is 1.66 bits per heavy atom. The summed E-state index contributed by atoms with van der Waals surface area (Å²) in [5.74, 6) is -1.91. The molecule has 0 bridgehead atoms. The van der Waals surface area contributed by atoms with Gasteiger partial charge in [-0.3, -0.25) is 9.69 Å². The lowest BCUT2D eigenvalue weighted by molar-refractivity contribution is -0.138. The minimum Gasteiger partial charge on any atom is -0.490 e. The highest BCUT2D eigenvalue weighted by Gasteiger charge is 2.41. The van der Waals surface area contributed by atoms with E-state index in [0.717, 1.165) is 23.9 Å². The number of carbonyl (C=O) groups is 1. The van der Waals surface area contributed by atoms with E-state index in [1.807, 2.05) is 17.0 Å². The number of hydrogen-bond acceptors (Lipinski definition) is 7. The van der Waals surface area contributed by atoms with E-state index < -0.39 is 22.8 Å². The summed E-state index contributed by atoms with van der Waals surface area (Å²) in [4.78, 5) is 18.4. The van der Waals surface area contributed by atoms with Crippen molar-refractivity contribution in [1.29, 1.82) is 0 Å². The van der Waals surface area contributed by atoms with Gasteiger partial charge < -0.3 is 29.5 Å². The largest absolute Gasteiger partial charge is 0.490 e. The van der Waals surface area contributed by atoms with Crippen molar-refractivity contribution < 1.29 is 33.3 Å². The summed E-state index contributed by atoms with van der Waals surface area (Å²) >= 11 is 0. The number of ether oxygens (including phenoxy) is 2. The summed E-state index contributed by atoms with van der Waals surface area (Å²) < 4.78 is 37.9. The smallest absolute Gasteiger partial charge is 0.248 e. The van der Waals surface area contributed by atoms with Gasteiger partial charge in [-0.2, -0.15) is 0 Å². The Balaban J connectivity index is 1.45. The summed E-state index contributed by atoms with van der Waals surface area (Å²) in [6, 6.07) is 11.0. The summed E-state index contributed by atoms with van der Waals surface area (Å²) in [5.41, 5.74) is -0.148. The van der Waals surface area contributed by atoms with Crippen molar-refractivity contribution in [3.8, 4) is 5.75 Å². The van der Waals surface area contributed by atoms with Crippen molar-refractivity contribution in [3.05, 3.63) is 59.7 Å². The summed E-state index contributed by atoms with van der Waals surface area (Å²) in [6.45, 7) is 4.23. The Kier molecular flexibility index (Phi) is 8.87. The van der Waals surface area contributed by atoms with Gasteiger partial charge in [0.15, 0.2) is 0 Å². The van der Waals surface area contributed by atoms with Crippen LogP contribution in [0, 0.1) is 18.6 Å². The van der Waals surface area contributed by atoms with Crippen LogP contribution in [0.4, 0.5) is 14.5 Å². The Hall–Kier alpha value is -2.79. The molecule has 2 fully saturated rings. The first-order chi connectivity index (χ1) is 18.1. The van der Waals surface area contributed by atoms with Crippen molar-refractivity contribution in [2.24, 2.45) is 0 Å². The van der Waals surface area contributed by atoms with Gasteiger partial charge in [-0.25, -0.2) is 8.78 Å². The van der Waals surface area contributed by atoms with Gasteiger partial charge >= 0.3 is 0 Å². The van der Waals surface area contributed by atoms with E-state index in [1.54, 1.807) is 0 Å². The van der Waals surface area contributed by atoms with Gasteiger partial charge in [0.1, 0.15) is 36.2 Å². The fourth-order valence-electron chi connectivity index (χ4n) is 5.38. The number of nitrogens with zero attached hydrogens (tertiary/aromatic N) is 3. The molecule has 38 heavy (non-hydrogen) atoms. The molecule has 2 saturated heterocycles. The zero-order valence-electron chi connectivity index (χ0n) is 22.0. The average molecular weight is 534 g/mol. The molecule has 2 heterocycles. The zero-order valence-corrected chi connectivity index (χ0v) is 22.0. The molecule has 2 aromatic carbocycles. The zero-order chi connectivity index (χ0) is 27.3. The van der Waals surface area contributed by atoms with Crippen LogP contribution in [0.3, 0.4) is 0 Å². The highest BCUT2D eigenvalue weighted by molar-refractivity contribution is 5.77. The molecule has 1 amide bonds. The number of rotatable bonds is 8. The number of anilines is 1. The van der Waals surface area contributed by atoms with Crippen LogP contribution in [0.25, 0.3) is 0 Å². The number of amides is 1. The lowest BCUT2D eigenvalue weighted by Gasteiger charge is -2.43. The summed E-state index contributed by atoms with van der Waals surface area (Å²) in [5, 5.41) is 23.0. The Bertz CT molecular complexity index is 1090. The maximum Gasteiger partial charge on any atom is 0.248 e. The molecule has 2 N–H and O–H groups in total. The first kappa shape index (κ1) is 28.2. The van der Waals surface area contributed by atoms with Crippen LogP contribution in [0.15, 0.2) is 42.5 Å². The third kappa shape index (κ3) is 7.19. The minimum absolute atomic E-state index is 0.0387. The first-order valence-corrected chi connectivity index (χ1v) is 12.9. The maximum absolute atomic E-state index is 13.6. The fourth-order valence-corrected chi connectivity index (χ4v) is 5.38. The van der Waals surface area contributed by atoms with Crippen LogP contribution in [-0.4, -0.2) is 103 Å². The van der Waals surface area contributed by atoms with E-state index in [9.17, 15) is 23.8 Å². The van der Waals surface area contributed by atoms with E-state index in [1.165, 1.54) is 17.6 Å². The van der Waals surface area contributed by atoms with Crippen molar-refractivity contribution in [1.82, 2.24) is 9.80 Å². The maximum atomic E-state index is 13.6. The number of aliphatic hydroxyl groups is 2. The van der Waals surface area contributed by atoms with E-state index in [0.29, 0.717) is 45.6 Å². The van der Waals surface area contributed by atoms with Gasteiger partial charge in [-0.1, -0.05) is 18.2 Å². The summed E-state index contributed by atoms with van der Waals surface area (Å²) in [6.07, 6.45) is 1.11. The Morgan fingerprint density at radius 3 is 2.32 bits per heavy atom. The molecule has 0 unspecified atom stereocenters. The predicted octanol–water partition coefficient (Wildman–Crippen LogP) is 2.21.